The number of aromatic nitrogens is 2. The molecule has 2 heterocycles. The third-order valence-corrected chi connectivity index (χ3v) is 5.84. The second-order valence-corrected chi connectivity index (χ2v) is 7.54. The van der Waals surface area contributed by atoms with Crippen LogP contribution in [0.2, 0.25) is 5.02 Å². The molecule has 1 aromatic carbocycles. The maximum absolute atomic E-state index is 12.4. The van der Waals surface area contributed by atoms with E-state index in [0.29, 0.717) is 10.6 Å². The summed E-state index contributed by atoms with van der Waals surface area (Å²) in [5, 5.41) is 5.03. The van der Waals surface area contributed by atoms with Crippen LogP contribution in [-0.4, -0.2) is 45.8 Å². The minimum Gasteiger partial charge on any atom is -0.452 e. The molecule has 1 unspecified atom stereocenters. The third kappa shape index (κ3) is 4.22. The van der Waals surface area contributed by atoms with Gasteiger partial charge in [0.1, 0.15) is 0 Å². The highest BCUT2D eigenvalue weighted by Crippen LogP contribution is 2.23. The van der Waals surface area contributed by atoms with Crippen molar-refractivity contribution in [3.05, 3.63) is 46.2 Å². The standard InChI is InChI=1S/C21H26ClN3O3/c1-4-17-7-5-6-12-24(17)19(26)13-28-21(27)16-8-10-18(11-9-16)25-15(3)20(22)14(2)23-25/h8-11,17H,4-7,12-13H2,1-3H3. The van der Waals surface area contributed by atoms with Crippen LogP contribution in [-0.2, 0) is 9.53 Å². The summed E-state index contributed by atoms with van der Waals surface area (Å²) in [6.07, 6.45) is 4.11. The molecule has 1 amide bonds. The molecule has 28 heavy (non-hydrogen) atoms. The molecule has 1 aliphatic heterocycles. The predicted octanol–water partition coefficient (Wildman–Crippen LogP) is 4.09. The number of esters is 1. The van der Waals surface area contributed by atoms with Crippen molar-refractivity contribution < 1.29 is 14.3 Å². The van der Waals surface area contributed by atoms with E-state index in [9.17, 15) is 9.59 Å². The van der Waals surface area contributed by atoms with Crippen molar-refractivity contribution in [3.8, 4) is 5.69 Å². The average molecular weight is 404 g/mol. The van der Waals surface area contributed by atoms with Gasteiger partial charge in [-0.25, -0.2) is 9.48 Å². The molecule has 0 radical (unpaired) electrons. The number of carbonyl (C=O) groups excluding carboxylic acids is 2. The Morgan fingerprint density at radius 3 is 2.54 bits per heavy atom. The number of rotatable bonds is 5. The van der Waals surface area contributed by atoms with Crippen molar-refractivity contribution in [1.29, 1.82) is 0 Å². The molecule has 7 heteroatoms. The number of likely N-dealkylation sites (tertiary alicyclic amines) is 1. The van der Waals surface area contributed by atoms with E-state index < -0.39 is 5.97 Å². The smallest absolute Gasteiger partial charge is 0.338 e. The van der Waals surface area contributed by atoms with E-state index >= 15 is 0 Å². The summed E-state index contributed by atoms with van der Waals surface area (Å²) in [5.41, 5.74) is 2.80. The zero-order valence-corrected chi connectivity index (χ0v) is 17.3. The minimum absolute atomic E-state index is 0.117. The molecule has 0 aliphatic carbocycles. The van der Waals surface area contributed by atoms with E-state index in [1.165, 1.54) is 0 Å². The van der Waals surface area contributed by atoms with Gasteiger partial charge < -0.3 is 9.64 Å². The summed E-state index contributed by atoms with van der Waals surface area (Å²) in [6.45, 7) is 6.35. The van der Waals surface area contributed by atoms with Gasteiger partial charge in [-0.15, -0.1) is 0 Å². The number of ether oxygens (including phenoxy) is 1. The zero-order chi connectivity index (χ0) is 20.3. The molecular formula is C21H26ClN3O3. The Hall–Kier alpha value is -2.34. The second-order valence-electron chi connectivity index (χ2n) is 7.16. The van der Waals surface area contributed by atoms with Gasteiger partial charge in [-0.1, -0.05) is 18.5 Å². The van der Waals surface area contributed by atoms with Gasteiger partial charge in [0, 0.05) is 12.6 Å². The third-order valence-electron chi connectivity index (χ3n) is 5.30. The Balaban J connectivity index is 1.62. The number of benzene rings is 1. The van der Waals surface area contributed by atoms with Gasteiger partial charge in [0.05, 0.1) is 27.7 Å². The fraction of sp³-hybridized carbons (Fsp3) is 0.476. The molecule has 6 nitrogen and oxygen atoms in total. The fourth-order valence-corrected chi connectivity index (χ4v) is 3.78. The molecule has 0 spiro atoms. The Kier molecular flexibility index (Phi) is 6.39. The van der Waals surface area contributed by atoms with Crippen LogP contribution < -0.4 is 0 Å². The van der Waals surface area contributed by atoms with Gasteiger partial charge in [-0.3, -0.25) is 4.79 Å². The van der Waals surface area contributed by atoms with Gasteiger partial charge in [-0.2, -0.15) is 5.10 Å². The zero-order valence-electron chi connectivity index (χ0n) is 16.6. The molecule has 3 rings (SSSR count). The lowest BCUT2D eigenvalue weighted by Crippen LogP contribution is -2.45. The molecule has 1 saturated heterocycles. The van der Waals surface area contributed by atoms with Crippen LogP contribution in [0.25, 0.3) is 5.69 Å². The van der Waals surface area contributed by atoms with Crippen LogP contribution in [0.5, 0.6) is 0 Å². The van der Waals surface area contributed by atoms with Crippen molar-refractivity contribution in [3.63, 3.8) is 0 Å². The van der Waals surface area contributed by atoms with E-state index in [-0.39, 0.29) is 18.6 Å². The molecule has 1 aromatic heterocycles. The number of piperidine rings is 1. The summed E-state index contributed by atoms with van der Waals surface area (Å²) in [6, 6.07) is 7.16. The Bertz CT molecular complexity index is 861. The van der Waals surface area contributed by atoms with Crippen LogP contribution >= 0.6 is 11.6 Å². The molecular weight excluding hydrogens is 378 g/mol. The number of aryl methyl sites for hydroxylation is 1. The first-order chi connectivity index (χ1) is 13.4. The predicted molar refractivity (Wildman–Crippen MR) is 108 cm³/mol. The lowest BCUT2D eigenvalue weighted by Gasteiger charge is -2.35. The van der Waals surface area contributed by atoms with E-state index in [4.69, 9.17) is 16.3 Å². The van der Waals surface area contributed by atoms with Gasteiger partial charge in [0.25, 0.3) is 5.91 Å². The summed E-state index contributed by atoms with van der Waals surface area (Å²) in [4.78, 5) is 26.6. The van der Waals surface area contributed by atoms with Crippen LogP contribution in [0.3, 0.4) is 0 Å². The van der Waals surface area contributed by atoms with Crippen LogP contribution in [0, 0.1) is 13.8 Å². The topological polar surface area (TPSA) is 64.4 Å². The Morgan fingerprint density at radius 2 is 1.93 bits per heavy atom. The molecule has 150 valence electrons. The number of carbonyl (C=O) groups is 2. The van der Waals surface area contributed by atoms with Crippen LogP contribution in [0.1, 0.15) is 54.4 Å². The van der Waals surface area contributed by atoms with Crippen LogP contribution in [0.4, 0.5) is 0 Å². The first kappa shape index (κ1) is 20.4. The van der Waals surface area contributed by atoms with Crippen LogP contribution in [0.15, 0.2) is 24.3 Å². The fourth-order valence-electron chi connectivity index (χ4n) is 3.66. The molecule has 1 aliphatic rings. The highest BCUT2D eigenvalue weighted by atomic mass is 35.5. The summed E-state index contributed by atoms with van der Waals surface area (Å²) < 4.78 is 6.99. The second kappa shape index (κ2) is 8.78. The molecule has 0 N–H and O–H groups in total. The summed E-state index contributed by atoms with van der Waals surface area (Å²) in [7, 11) is 0. The molecule has 0 saturated carbocycles. The number of nitrogens with zero attached hydrogens (tertiary/aromatic N) is 3. The largest absolute Gasteiger partial charge is 0.452 e. The van der Waals surface area contributed by atoms with Crippen molar-refractivity contribution in [2.45, 2.75) is 52.5 Å². The van der Waals surface area contributed by atoms with Crippen molar-refractivity contribution >= 4 is 23.5 Å². The van der Waals surface area contributed by atoms with Gasteiger partial charge in [0.2, 0.25) is 0 Å². The molecule has 2 aromatic rings. The first-order valence-electron chi connectivity index (χ1n) is 9.71. The van der Waals surface area contributed by atoms with Gasteiger partial charge >= 0.3 is 5.97 Å². The molecule has 1 fully saturated rings. The highest BCUT2D eigenvalue weighted by molar-refractivity contribution is 6.31. The molecule has 0 bridgehead atoms. The minimum atomic E-state index is -0.503. The lowest BCUT2D eigenvalue weighted by molar-refractivity contribution is -0.138. The van der Waals surface area contributed by atoms with Crippen molar-refractivity contribution in [2.75, 3.05) is 13.2 Å². The Morgan fingerprint density at radius 1 is 1.21 bits per heavy atom. The quantitative estimate of drug-likeness (QED) is 0.705. The number of hydrogen-bond acceptors (Lipinski definition) is 4. The van der Waals surface area contributed by atoms with E-state index in [2.05, 4.69) is 12.0 Å². The Labute approximate surface area is 170 Å². The van der Waals surface area contributed by atoms with Gasteiger partial charge in [0.15, 0.2) is 6.61 Å². The maximum Gasteiger partial charge on any atom is 0.338 e. The summed E-state index contributed by atoms with van der Waals surface area (Å²) >= 11 is 6.19. The highest BCUT2D eigenvalue weighted by Gasteiger charge is 2.26. The average Bonchev–Trinajstić information content (AvgIpc) is 2.99. The van der Waals surface area contributed by atoms with E-state index in [1.807, 2.05) is 18.7 Å². The summed E-state index contributed by atoms with van der Waals surface area (Å²) in [5.74, 6) is -0.620. The lowest BCUT2D eigenvalue weighted by atomic mass is 10.00. The molecule has 1 atom stereocenters. The van der Waals surface area contributed by atoms with Gasteiger partial charge in [-0.05, 0) is 63.8 Å². The van der Waals surface area contributed by atoms with Crippen molar-refractivity contribution in [1.82, 2.24) is 14.7 Å². The van der Waals surface area contributed by atoms with E-state index in [0.717, 1.165) is 49.3 Å². The first-order valence-corrected chi connectivity index (χ1v) is 10.1. The number of amides is 1. The number of halogens is 1. The monoisotopic (exact) mass is 403 g/mol. The van der Waals surface area contributed by atoms with Crippen molar-refractivity contribution in [2.24, 2.45) is 0 Å². The normalized spacial score (nSPS) is 16.9. The SMILES string of the molecule is CCC1CCCCN1C(=O)COC(=O)c1ccc(-n2nc(C)c(Cl)c2C)cc1. The maximum atomic E-state index is 12.4. The number of hydrogen-bond donors (Lipinski definition) is 0. The van der Waals surface area contributed by atoms with E-state index in [1.54, 1.807) is 28.9 Å².